The van der Waals surface area contributed by atoms with Gasteiger partial charge in [0.2, 0.25) is 0 Å². The van der Waals surface area contributed by atoms with E-state index in [1.54, 1.807) is 21.0 Å². The first-order valence-corrected chi connectivity index (χ1v) is 9.88. The molecule has 0 atom stereocenters. The predicted octanol–water partition coefficient (Wildman–Crippen LogP) is 4.23. The first-order chi connectivity index (χ1) is 12.6. The number of aliphatic carboxylic acids is 1. The molecule has 0 aliphatic carbocycles. The molecule has 0 saturated heterocycles. The zero-order chi connectivity index (χ0) is 19.9. The molecule has 8 heteroatoms. The Balaban J connectivity index is 2.15. The van der Waals surface area contributed by atoms with Crippen molar-refractivity contribution in [3.8, 4) is 16.9 Å². The summed E-state index contributed by atoms with van der Waals surface area (Å²) in [5.74, 6) is -0.176. The van der Waals surface area contributed by atoms with Gasteiger partial charge in [-0.15, -0.1) is 11.3 Å². The van der Waals surface area contributed by atoms with Gasteiger partial charge in [-0.25, -0.2) is 4.98 Å². The standard InChI is InChI=1S/C19H20N2O4S2/c1-9-8-11(6-7-12(9)25-5)13-10(2)26-16-14(13)15(22)20-18(21-16)27-19(3,4)17(23)24/h6-8H,1-5H3,(H,23,24)(H,20,21,22). The molecular formula is C19H20N2O4S2. The SMILES string of the molecule is COc1ccc(-c2c(C)sc3nc(SC(C)(C)C(=O)O)[nH]c(=O)c23)cc1C. The Morgan fingerprint density at radius 2 is 2.04 bits per heavy atom. The summed E-state index contributed by atoms with van der Waals surface area (Å²) in [4.78, 5) is 33.0. The van der Waals surface area contributed by atoms with Crippen molar-refractivity contribution in [2.45, 2.75) is 37.6 Å². The lowest BCUT2D eigenvalue weighted by Crippen LogP contribution is -2.27. The van der Waals surface area contributed by atoms with E-state index >= 15 is 0 Å². The maximum absolute atomic E-state index is 12.8. The summed E-state index contributed by atoms with van der Waals surface area (Å²) < 4.78 is 4.22. The van der Waals surface area contributed by atoms with E-state index in [1.807, 2.05) is 32.0 Å². The first-order valence-electron chi connectivity index (χ1n) is 8.25. The number of hydrogen-bond acceptors (Lipinski definition) is 6. The fourth-order valence-corrected chi connectivity index (χ4v) is 4.77. The Hall–Kier alpha value is -2.32. The number of ether oxygens (including phenoxy) is 1. The quantitative estimate of drug-likeness (QED) is 0.488. The molecule has 2 aromatic heterocycles. The number of hydrogen-bond donors (Lipinski definition) is 2. The highest BCUT2D eigenvalue weighted by molar-refractivity contribution is 8.01. The number of benzene rings is 1. The van der Waals surface area contributed by atoms with Crippen molar-refractivity contribution in [2.75, 3.05) is 7.11 Å². The minimum atomic E-state index is -1.09. The van der Waals surface area contributed by atoms with Crippen LogP contribution in [0.5, 0.6) is 5.75 Å². The van der Waals surface area contributed by atoms with Crippen LogP contribution in [0, 0.1) is 13.8 Å². The minimum Gasteiger partial charge on any atom is -0.496 e. The van der Waals surface area contributed by atoms with Crippen LogP contribution < -0.4 is 10.3 Å². The average Bonchev–Trinajstić information content (AvgIpc) is 2.90. The van der Waals surface area contributed by atoms with Gasteiger partial charge in [0.1, 0.15) is 15.3 Å². The fourth-order valence-electron chi connectivity index (χ4n) is 2.81. The number of carboxylic acid groups (broad SMARTS) is 1. The molecule has 0 spiro atoms. The largest absolute Gasteiger partial charge is 0.496 e. The molecule has 0 bridgehead atoms. The molecule has 0 amide bonds. The van der Waals surface area contributed by atoms with E-state index in [1.165, 1.54) is 11.3 Å². The Morgan fingerprint density at radius 1 is 1.33 bits per heavy atom. The van der Waals surface area contributed by atoms with E-state index in [-0.39, 0.29) is 5.56 Å². The van der Waals surface area contributed by atoms with E-state index < -0.39 is 10.7 Å². The first kappa shape index (κ1) is 19.4. The number of nitrogens with zero attached hydrogens (tertiary/aromatic N) is 1. The number of thioether (sulfide) groups is 1. The third kappa shape index (κ3) is 3.59. The van der Waals surface area contributed by atoms with Crippen LogP contribution in [-0.4, -0.2) is 32.9 Å². The van der Waals surface area contributed by atoms with Crippen molar-refractivity contribution in [3.63, 3.8) is 0 Å². The number of carbonyl (C=O) groups is 1. The van der Waals surface area contributed by atoms with Crippen molar-refractivity contribution in [3.05, 3.63) is 39.0 Å². The van der Waals surface area contributed by atoms with Crippen LogP contribution in [0.2, 0.25) is 0 Å². The second-order valence-electron chi connectivity index (χ2n) is 6.69. The molecule has 3 rings (SSSR count). The van der Waals surface area contributed by atoms with Crippen LogP contribution in [0.4, 0.5) is 0 Å². The number of carboxylic acids is 1. The molecule has 3 aromatic rings. The molecule has 27 heavy (non-hydrogen) atoms. The topological polar surface area (TPSA) is 92.3 Å². The molecule has 142 valence electrons. The monoisotopic (exact) mass is 404 g/mol. The summed E-state index contributed by atoms with van der Waals surface area (Å²) in [6, 6.07) is 5.80. The van der Waals surface area contributed by atoms with E-state index in [0.717, 1.165) is 39.1 Å². The number of aromatic nitrogens is 2. The zero-order valence-electron chi connectivity index (χ0n) is 15.7. The minimum absolute atomic E-state index is 0.267. The average molecular weight is 405 g/mol. The van der Waals surface area contributed by atoms with Gasteiger partial charge in [-0.05, 0) is 51.0 Å². The summed E-state index contributed by atoms with van der Waals surface area (Å²) in [6.45, 7) is 7.07. The van der Waals surface area contributed by atoms with Gasteiger partial charge in [-0.1, -0.05) is 17.8 Å². The highest BCUT2D eigenvalue weighted by Gasteiger charge is 2.30. The molecule has 2 heterocycles. The number of methoxy groups -OCH3 is 1. The Morgan fingerprint density at radius 3 is 2.63 bits per heavy atom. The van der Waals surface area contributed by atoms with Crippen LogP contribution in [-0.2, 0) is 4.79 Å². The van der Waals surface area contributed by atoms with Crippen molar-refractivity contribution < 1.29 is 14.6 Å². The van der Waals surface area contributed by atoms with Gasteiger partial charge in [-0.3, -0.25) is 9.59 Å². The highest BCUT2D eigenvalue weighted by Crippen LogP contribution is 2.38. The zero-order valence-corrected chi connectivity index (χ0v) is 17.3. The Labute approximate surface area is 164 Å². The molecule has 1 aromatic carbocycles. The summed E-state index contributed by atoms with van der Waals surface area (Å²) in [7, 11) is 1.62. The molecule has 0 fully saturated rings. The van der Waals surface area contributed by atoms with Crippen molar-refractivity contribution in [2.24, 2.45) is 0 Å². The van der Waals surface area contributed by atoms with Crippen LogP contribution in [0.3, 0.4) is 0 Å². The number of nitrogens with one attached hydrogen (secondary N) is 1. The second kappa shape index (κ2) is 7.01. The van der Waals surface area contributed by atoms with E-state index in [9.17, 15) is 14.7 Å². The number of thiophene rings is 1. The van der Waals surface area contributed by atoms with Crippen LogP contribution in [0.15, 0.2) is 28.2 Å². The smallest absolute Gasteiger partial charge is 0.319 e. The fraction of sp³-hybridized carbons (Fsp3) is 0.316. The van der Waals surface area contributed by atoms with Crippen LogP contribution in [0.1, 0.15) is 24.3 Å². The van der Waals surface area contributed by atoms with Gasteiger partial charge in [0, 0.05) is 10.4 Å². The molecule has 6 nitrogen and oxygen atoms in total. The maximum atomic E-state index is 12.8. The highest BCUT2D eigenvalue weighted by atomic mass is 32.2. The van der Waals surface area contributed by atoms with Crippen molar-refractivity contribution >= 4 is 39.3 Å². The van der Waals surface area contributed by atoms with Crippen LogP contribution in [0.25, 0.3) is 21.3 Å². The predicted molar refractivity (Wildman–Crippen MR) is 109 cm³/mol. The number of H-pyrrole nitrogens is 1. The van der Waals surface area contributed by atoms with Crippen molar-refractivity contribution in [1.82, 2.24) is 9.97 Å². The molecule has 2 N–H and O–H groups in total. The maximum Gasteiger partial charge on any atom is 0.319 e. The lowest BCUT2D eigenvalue weighted by molar-refractivity contribution is -0.138. The van der Waals surface area contributed by atoms with E-state index in [2.05, 4.69) is 9.97 Å². The molecular weight excluding hydrogens is 384 g/mol. The Bertz CT molecular complexity index is 1100. The summed E-state index contributed by atoms with van der Waals surface area (Å²) >= 11 is 2.45. The molecule has 0 aliphatic heterocycles. The number of aryl methyl sites for hydroxylation is 2. The normalized spacial score (nSPS) is 11.7. The van der Waals surface area contributed by atoms with E-state index in [4.69, 9.17) is 4.74 Å². The van der Waals surface area contributed by atoms with Gasteiger partial charge in [0.05, 0.1) is 12.5 Å². The van der Waals surface area contributed by atoms with Gasteiger partial charge in [0.25, 0.3) is 5.56 Å². The van der Waals surface area contributed by atoms with Gasteiger partial charge in [-0.2, -0.15) is 0 Å². The second-order valence-corrected chi connectivity index (χ2v) is 9.50. The summed E-state index contributed by atoms with van der Waals surface area (Å²) in [5.41, 5.74) is 2.49. The lowest BCUT2D eigenvalue weighted by atomic mass is 10.0. The van der Waals surface area contributed by atoms with Gasteiger partial charge < -0.3 is 14.8 Å². The van der Waals surface area contributed by atoms with Gasteiger partial charge in [0.15, 0.2) is 5.16 Å². The molecule has 0 unspecified atom stereocenters. The van der Waals surface area contributed by atoms with E-state index in [0.29, 0.717) is 15.4 Å². The molecule has 0 saturated carbocycles. The van der Waals surface area contributed by atoms with Crippen LogP contribution >= 0.6 is 23.1 Å². The lowest BCUT2D eigenvalue weighted by Gasteiger charge is -2.17. The number of rotatable bonds is 5. The third-order valence-electron chi connectivity index (χ3n) is 4.27. The van der Waals surface area contributed by atoms with Crippen molar-refractivity contribution in [1.29, 1.82) is 0 Å². The molecule has 0 radical (unpaired) electrons. The number of fused-ring (bicyclic) bond motifs is 1. The Kier molecular flexibility index (Phi) is 5.05. The van der Waals surface area contributed by atoms with Gasteiger partial charge >= 0.3 is 5.97 Å². The summed E-state index contributed by atoms with van der Waals surface area (Å²) in [5, 5.41) is 10.1. The summed E-state index contributed by atoms with van der Waals surface area (Å²) in [6.07, 6.45) is 0. The third-order valence-corrected chi connectivity index (χ3v) is 6.34. The number of aromatic amines is 1. The molecule has 0 aliphatic rings.